The number of ether oxygens (including phenoxy) is 1. The zero-order chi connectivity index (χ0) is 15.0. The van der Waals surface area contributed by atoms with Gasteiger partial charge in [-0.2, -0.15) is 0 Å². The minimum absolute atomic E-state index is 0.0175. The van der Waals surface area contributed by atoms with Crippen molar-refractivity contribution < 1.29 is 4.74 Å². The smallest absolute Gasteiger partial charge is 0.191 e. The van der Waals surface area contributed by atoms with Gasteiger partial charge in [0.05, 0.1) is 6.54 Å². The van der Waals surface area contributed by atoms with Crippen LogP contribution >= 0.6 is 11.6 Å². The largest absolute Gasteiger partial charge is 0.489 e. The van der Waals surface area contributed by atoms with Gasteiger partial charge < -0.3 is 15.4 Å². The summed E-state index contributed by atoms with van der Waals surface area (Å²) in [5, 5.41) is 7.23. The fraction of sp³-hybridized carbons (Fsp3) is 0.533. The van der Waals surface area contributed by atoms with Crippen LogP contribution in [0.5, 0.6) is 5.75 Å². The Hall–Kier alpha value is -1.42. The van der Waals surface area contributed by atoms with E-state index in [-0.39, 0.29) is 6.10 Å². The Labute approximate surface area is 126 Å². The van der Waals surface area contributed by atoms with Gasteiger partial charge in [0, 0.05) is 18.1 Å². The molecule has 0 aliphatic rings. The molecule has 112 valence electrons. The minimum atomic E-state index is 0.0175. The summed E-state index contributed by atoms with van der Waals surface area (Å²) >= 11 is 5.93. The van der Waals surface area contributed by atoms with Crippen molar-refractivity contribution in [3.05, 3.63) is 29.3 Å². The van der Waals surface area contributed by atoms with Crippen LogP contribution in [0.2, 0.25) is 5.02 Å². The number of halogens is 1. The van der Waals surface area contributed by atoms with Gasteiger partial charge in [0.1, 0.15) is 11.9 Å². The van der Waals surface area contributed by atoms with Crippen LogP contribution in [0.25, 0.3) is 0 Å². The quantitative estimate of drug-likeness (QED) is 0.626. The Balaban J connectivity index is 2.40. The second kappa shape index (κ2) is 8.69. The maximum atomic E-state index is 5.93. The fourth-order valence-electron chi connectivity index (χ4n) is 1.58. The van der Waals surface area contributed by atoms with E-state index in [1.165, 1.54) is 0 Å². The Morgan fingerprint density at radius 1 is 1.40 bits per heavy atom. The number of benzene rings is 1. The number of aliphatic imine (C=N–C) groups is 1. The van der Waals surface area contributed by atoms with Gasteiger partial charge >= 0.3 is 0 Å². The number of hydrogen-bond acceptors (Lipinski definition) is 2. The maximum absolute atomic E-state index is 5.93. The molecule has 0 fully saturated rings. The zero-order valence-electron chi connectivity index (χ0n) is 12.6. The van der Waals surface area contributed by atoms with E-state index >= 15 is 0 Å². The lowest BCUT2D eigenvalue weighted by molar-refractivity contribution is 0.223. The van der Waals surface area contributed by atoms with E-state index in [0.29, 0.717) is 17.6 Å². The van der Waals surface area contributed by atoms with Gasteiger partial charge in [0.25, 0.3) is 0 Å². The molecule has 1 rings (SSSR count). The minimum Gasteiger partial charge on any atom is -0.489 e. The molecule has 2 atom stereocenters. The molecule has 0 aliphatic carbocycles. The molecule has 0 spiro atoms. The van der Waals surface area contributed by atoms with Crippen LogP contribution in [0.1, 0.15) is 27.2 Å². The van der Waals surface area contributed by atoms with E-state index in [9.17, 15) is 0 Å². The van der Waals surface area contributed by atoms with E-state index in [1.807, 2.05) is 31.2 Å². The van der Waals surface area contributed by atoms with E-state index in [2.05, 4.69) is 29.5 Å². The van der Waals surface area contributed by atoms with E-state index in [0.717, 1.165) is 18.1 Å². The SMILES string of the molecule is CCC(C)NC(=NC)NCC(C)Oc1cccc(Cl)c1. The molecule has 4 nitrogen and oxygen atoms in total. The first kappa shape index (κ1) is 16.6. The van der Waals surface area contributed by atoms with Gasteiger partial charge in [-0.3, -0.25) is 4.99 Å². The molecule has 0 radical (unpaired) electrons. The molecular weight excluding hydrogens is 274 g/mol. The van der Waals surface area contributed by atoms with E-state index in [4.69, 9.17) is 16.3 Å². The van der Waals surface area contributed by atoms with Crippen molar-refractivity contribution in [2.75, 3.05) is 13.6 Å². The average Bonchev–Trinajstić information content (AvgIpc) is 2.43. The van der Waals surface area contributed by atoms with E-state index in [1.54, 1.807) is 7.05 Å². The van der Waals surface area contributed by atoms with Crippen molar-refractivity contribution in [3.8, 4) is 5.75 Å². The molecule has 0 heterocycles. The van der Waals surface area contributed by atoms with Crippen LogP contribution in [-0.4, -0.2) is 31.7 Å². The lowest BCUT2D eigenvalue weighted by atomic mass is 10.3. The lowest BCUT2D eigenvalue weighted by Gasteiger charge is -2.20. The molecule has 0 saturated carbocycles. The highest BCUT2D eigenvalue weighted by atomic mass is 35.5. The molecule has 2 N–H and O–H groups in total. The Morgan fingerprint density at radius 2 is 2.15 bits per heavy atom. The van der Waals surface area contributed by atoms with Crippen molar-refractivity contribution in [1.82, 2.24) is 10.6 Å². The van der Waals surface area contributed by atoms with Gasteiger partial charge in [-0.25, -0.2) is 0 Å². The number of rotatable bonds is 6. The predicted octanol–water partition coefficient (Wildman–Crippen LogP) is 3.07. The first-order valence-electron chi connectivity index (χ1n) is 6.94. The van der Waals surface area contributed by atoms with Gasteiger partial charge in [-0.15, -0.1) is 0 Å². The number of nitrogens with one attached hydrogen (secondary N) is 2. The molecule has 0 saturated heterocycles. The third-order valence-electron chi connectivity index (χ3n) is 2.91. The van der Waals surface area contributed by atoms with Crippen molar-refractivity contribution in [3.63, 3.8) is 0 Å². The molecular formula is C15H24ClN3O. The molecule has 5 heteroatoms. The first-order chi connectivity index (χ1) is 9.55. The molecule has 2 unspecified atom stereocenters. The van der Waals surface area contributed by atoms with Gasteiger partial charge in [0.15, 0.2) is 5.96 Å². The third kappa shape index (κ3) is 6.15. The van der Waals surface area contributed by atoms with Crippen molar-refractivity contribution >= 4 is 17.6 Å². The number of nitrogens with zero attached hydrogens (tertiary/aromatic N) is 1. The molecule has 1 aromatic carbocycles. The summed E-state index contributed by atoms with van der Waals surface area (Å²) in [6.07, 6.45) is 1.07. The molecule has 0 aromatic heterocycles. The summed E-state index contributed by atoms with van der Waals surface area (Å²) in [4.78, 5) is 4.19. The molecule has 1 aromatic rings. The van der Waals surface area contributed by atoms with Gasteiger partial charge in [-0.05, 0) is 38.5 Å². The van der Waals surface area contributed by atoms with Crippen LogP contribution in [0, 0.1) is 0 Å². The maximum Gasteiger partial charge on any atom is 0.191 e. The van der Waals surface area contributed by atoms with Crippen LogP contribution in [0.4, 0.5) is 0 Å². The summed E-state index contributed by atoms with van der Waals surface area (Å²) in [5.74, 6) is 1.57. The van der Waals surface area contributed by atoms with Crippen LogP contribution in [0.15, 0.2) is 29.3 Å². The summed E-state index contributed by atoms with van der Waals surface area (Å²) in [6, 6.07) is 7.81. The zero-order valence-corrected chi connectivity index (χ0v) is 13.4. The lowest BCUT2D eigenvalue weighted by Crippen LogP contribution is -2.45. The second-order valence-electron chi connectivity index (χ2n) is 4.79. The van der Waals surface area contributed by atoms with Gasteiger partial charge in [-0.1, -0.05) is 24.6 Å². The fourth-order valence-corrected chi connectivity index (χ4v) is 1.77. The normalized spacial score (nSPS) is 14.6. The third-order valence-corrected chi connectivity index (χ3v) is 3.14. The standard InChI is InChI=1S/C15H24ClN3O/c1-5-11(2)19-15(17-4)18-10-12(3)20-14-8-6-7-13(16)9-14/h6-9,11-12H,5,10H2,1-4H3,(H2,17,18,19). The number of hydrogen-bond donors (Lipinski definition) is 2. The van der Waals surface area contributed by atoms with Crippen molar-refractivity contribution in [2.24, 2.45) is 4.99 Å². The monoisotopic (exact) mass is 297 g/mol. The summed E-state index contributed by atoms with van der Waals surface area (Å²) in [7, 11) is 1.76. The van der Waals surface area contributed by atoms with Crippen molar-refractivity contribution in [1.29, 1.82) is 0 Å². The van der Waals surface area contributed by atoms with Crippen LogP contribution < -0.4 is 15.4 Å². The van der Waals surface area contributed by atoms with Crippen LogP contribution in [0.3, 0.4) is 0 Å². The molecule has 20 heavy (non-hydrogen) atoms. The predicted molar refractivity (Wildman–Crippen MR) is 85.8 cm³/mol. The summed E-state index contributed by atoms with van der Waals surface area (Å²) in [5.41, 5.74) is 0. The average molecular weight is 298 g/mol. The highest BCUT2D eigenvalue weighted by Gasteiger charge is 2.07. The highest BCUT2D eigenvalue weighted by molar-refractivity contribution is 6.30. The topological polar surface area (TPSA) is 45.7 Å². The Bertz CT molecular complexity index is 437. The summed E-state index contributed by atoms with van der Waals surface area (Å²) < 4.78 is 5.79. The van der Waals surface area contributed by atoms with E-state index < -0.39 is 0 Å². The molecule has 0 amide bonds. The number of guanidine groups is 1. The van der Waals surface area contributed by atoms with Crippen LogP contribution in [-0.2, 0) is 0 Å². The Kier molecular flexibility index (Phi) is 7.23. The first-order valence-corrected chi connectivity index (χ1v) is 7.32. The highest BCUT2D eigenvalue weighted by Crippen LogP contribution is 2.18. The molecule has 0 aliphatic heterocycles. The second-order valence-corrected chi connectivity index (χ2v) is 5.23. The Morgan fingerprint density at radius 3 is 2.75 bits per heavy atom. The van der Waals surface area contributed by atoms with Crippen molar-refractivity contribution in [2.45, 2.75) is 39.3 Å². The van der Waals surface area contributed by atoms with Gasteiger partial charge in [0.2, 0.25) is 0 Å². The summed E-state index contributed by atoms with van der Waals surface area (Å²) in [6.45, 7) is 6.93. The molecule has 0 bridgehead atoms.